The number of rotatable bonds is 3. The second kappa shape index (κ2) is 5.81. The Morgan fingerprint density at radius 1 is 1.16 bits per heavy atom. The zero-order valence-corrected chi connectivity index (χ0v) is 12.6. The number of aryl methyl sites for hydroxylation is 2. The molecule has 0 radical (unpaired) electrons. The topological polar surface area (TPSA) is 22.1 Å². The molecule has 0 fully saturated rings. The molecule has 0 aliphatic heterocycles. The number of ether oxygens (including phenoxy) is 1. The first-order valence-corrected chi connectivity index (χ1v) is 6.89. The molecule has 0 aliphatic rings. The maximum atomic E-state index is 5.98. The molecule has 0 bridgehead atoms. The minimum atomic E-state index is 0.337. The Balaban J connectivity index is 2.39. The smallest absolute Gasteiger partial charge is 0.219 e. The third-order valence-corrected chi connectivity index (χ3v) is 3.76. The van der Waals surface area contributed by atoms with Gasteiger partial charge in [0.05, 0.1) is 5.02 Å². The molecule has 100 valence electrons. The summed E-state index contributed by atoms with van der Waals surface area (Å²) in [5, 5.41) is 0.556. The number of hydrogen-bond acceptors (Lipinski definition) is 2. The van der Waals surface area contributed by atoms with Crippen molar-refractivity contribution in [1.29, 1.82) is 0 Å². The van der Waals surface area contributed by atoms with Crippen molar-refractivity contribution in [2.24, 2.45) is 0 Å². The zero-order valence-electron chi connectivity index (χ0n) is 11.1. The largest absolute Gasteiger partial charge is 0.438 e. The number of benzene rings is 1. The van der Waals surface area contributed by atoms with Crippen molar-refractivity contribution in [1.82, 2.24) is 4.98 Å². The normalized spacial score (nSPS) is 10.6. The summed E-state index contributed by atoms with van der Waals surface area (Å²) in [4.78, 5) is 4.18. The molecule has 1 aromatic carbocycles. The highest BCUT2D eigenvalue weighted by molar-refractivity contribution is 6.32. The number of pyridine rings is 1. The monoisotopic (exact) mass is 295 g/mol. The molecule has 2 aromatic rings. The van der Waals surface area contributed by atoms with E-state index in [1.165, 1.54) is 5.56 Å². The van der Waals surface area contributed by atoms with Crippen LogP contribution in [0.25, 0.3) is 0 Å². The van der Waals surface area contributed by atoms with Crippen LogP contribution in [-0.4, -0.2) is 4.98 Å². The van der Waals surface area contributed by atoms with Crippen LogP contribution < -0.4 is 4.74 Å². The lowest BCUT2D eigenvalue weighted by Crippen LogP contribution is -1.96. The second-order valence-electron chi connectivity index (χ2n) is 4.50. The molecule has 0 N–H and O–H groups in total. The fraction of sp³-hybridized carbons (Fsp3) is 0.267. The summed E-state index contributed by atoms with van der Waals surface area (Å²) < 4.78 is 5.89. The van der Waals surface area contributed by atoms with Crippen LogP contribution in [0.1, 0.15) is 22.3 Å². The molecular weight excluding hydrogens is 281 g/mol. The summed E-state index contributed by atoms with van der Waals surface area (Å²) >= 11 is 11.8. The Morgan fingerprint density at radius 3 is 2.53 bits per heavy atom. The molecule has 0 spiro atoms. The van der Waals surface area contributed by atoms with E-state index in [0.29, 0.717) is 16.8 Å². The molecule has 1 heterocycles. The summed E-state index contributed by atoms with van der Waals surface area (Å²) in [6.07, 6.45) is 1.56. The highest BCUT2D eigenvalue weighted by atomic mass is 35.5. The first kappa shape index (κ1) is 14.2. The van der Waals surface area contributed by atoms with Crippen LogP contribution in [0.5, 0.6) is 11.6 Å². The molecule has 0 unspecified atom stereocenters. The lowest BCUT2D eigenvalue weighted by molar-refractivity contribution is 0.455. The summed E-state index contributed by atoms with van der Waals surface area (Å²) in [5.74, 6) is 1.69. The molecule has 2 rings (SSSR count). The fourth-order valence-electron chi connectivity index (χ4n) is 1.80. The summed E-state index contributed by atoms with van der Waals surface area (Å²) in [7, 11) is 0. The van der Waals surface area contributed by atoms with Crippen molar-refractivity contribution in [2.75, 3.05) is 0 Å². The molecular formula is C15H15Cl2NO. The van der Waals surface area contributed by atoms with E-state index in [-0.39, 0.29) is 0 Å². The van der Waals surface area contributed by atoms with E-state index in [1.54, 1.807) is 12.3 Å². The van der Waals surface area contributed by atoms with Crippen LogP contribution in [0.3, 0.4) is 0 Å². The first-order chi connectivity index (χ1) is 9.02. The van der Waals surface area contributed by atoms with Gasteiger partial charge in [0, 0.05) is 18.1 Å². The fourth-order valence-corrected chi connectivity index (χ4v) is 2.26. The van der Waals surface area contributed by atoms with Crippen LogP contribution >= 0.6 is 23.2 Å². The Morgan fingerprint density at radius 2 is 1.84 bits per heavy atom. The van der Waals surface area contributed by atoms with Crippen molar-refractivity contribution in [3.8, 4) is 11.6 Å². The molecule has 19 heavy (non-hydrogen) atoms. The standard InChI is InChI=1S/C15H15Cl2NO/c1-9-4-5-10(2)15(11(9)3)19-14-6-12(7-16)13(17)8-18-14/h4-6,8H,7H2,1-3H3. The van der Waals surface area contributed by atoms with Gasteiger partial charge in [-0.05, 0) is 43.0 Å². The Bertz CT molecular complexity index is 611. The first-order valence-electron chi connectivity index (χ1n) is 5.98. The van der Waals surface area contributed by atoms with Crippen LogP contribution in [0.2, 0.25) is 5.02 Å². The predicted octanol–water partition coefficient (Wildman–Crippen LogP) is 5.19. The number of nitrogens with zero attached hydrogens (tertiary/aromatic N) is 1. The lowest BCUT2D eigenvalue weighted by atomic mass is 10.1. The Kier molecular flexibility index (Phi) is 4.33. The van der Waals surface area contributed by atoms with Crippen molar-refractivity contribution in [3.05, 3.63) is 51.7 Å². The SMILES string of the molecule is Cc1ccc(C)c(Oc2cc(CCl)c(Cl)cn2)c1C. The minimum absolute atomic E-state index is 0.337. The van der Waals surface area contributed by atoms with Crippen LogP contribution in [0.4, 0.5) is 0 Å². The van der Waals surface area contributed by atoms with Gasteiger partial charge in [-0.3, -0.25) is 0 Å². The highest BCUT2D eigenvalue weighted by Crippen LogP contribution is 2.31. The van der Waals surface area contributed by atoms with Gasteiger partial charge in [0.2, 0.25) is 5.88 Å². The Hall–Kier alpha value is -1.25. The third-order valence-electron chi connectivity index (χ3n) is 3.13. The third kappa shape index (κ3) is 3.02. The maximum Gasteiger partial charge on any atom is 0.219 e. The van der Waals surface area contributed by atoms with E-state index < -0.39 is 0 Å². The van der Waals surface area contributed by atoms with E-state index >= 15 is 0 Å². The van der Waals surface area contributed by atoms with Crippen molar-refractivity contribution < 1.29 is 4.74 Å². The van der Waals surface area contributed by atoms with Crippen LogP contribution in [-0.2, 0) is 5.88 Å². The molecule has 0 saturated carbocycles. The number of halogens is 2. The number of hydrogen-bond donors (Lipinski definition) is 0. The average molecular weight is 296 g/mol. The minimum Gasteiger partial charge on any atom is -0.438 e. The number of alkyl halides is 1. The van der Waals surface area contributed by atoms with Crippen molar-refractivity contribution in [2.45, 2.75) is 26.7 Å². The molecule has 0 atom stereocenters. The van der Waals surface area contributed by atoms with Gasteiger partial charge in [-0.1, -0.05) is 23.7 Å². The second-order valence-corrected chi connectivity index (χ2v) is 5.18. The van der Waals surface area contributed by atoms with Gasteiger partial charge in [-0.25, -0.2) is 4.98 Å². The van der Waals surface area contributed by atoms with Gasteiger partial charge >= 0.3 is 0 Å². The van der Waals surface area contributed by atoms with Gasteiger partial charge in [-0.2, -0.15) is 0 Å². The van der Waals surface area contributed by atoms with Crippen molar-refractivity contribution >= 4 is 23.2 Å². The van der Waals surface area contributed by atoms with Crippen LogP contribution in [0.15, 0.2) is 24.4 Å². The van der Waals surface area contributed by atoms with Gasteiger partial charge in [0.15, 0.2) is 0 Å². The highest BCUT2D eigenvalue weighted by Gasteiger charge is 2.10. The van der Waals surface area contributed by atoms with Gasteiger partial charge < -0.3 is 4.74 Å². The molecule has 2 nitrogen and oxygen atoms in total. The van der Waals surface area contributed by atoms with Crippen LogP contribution in [0, 0.1) is 20.8 Å². The molecule has 0 aliphatic carbocycles. The van der Waals surface area contributed by atoms with E-state index in [4.69, 9.17) is 27.9 Å². The molecule has 1 aromatic heterocycles. The van der Waals surface area contributed by atoms with E-state index in [2.05, 4.69) is 18.0 Å². The summed E-state index contributed by atoms with van der Waals surface area (Å²) in [6, 6.07) is 5.89. The number of aromatic nitrogens is 1. The maximum absolute atomic E-state index is 5.98. The van der Waals surface area contributed by atoms with Crippen molar-refractivity contribution in [3.63, 3.8) is 0 Å². The van der Waals surface area contributed by atoms with Gasteiger partial charge in [0.1, 0.15) is 5.75 Å². The molecule has 0 saturated heterocycles. The lowest BCUT2D eigenvalue weighted by Gasteiger charge is -2.13. The van der Waals surface area contributed by atoms with E-state index in [1.807, 2.05) is 19.9 Å². The zero-order chi connectivity index (χ0) is 14.0. The summed E-state index contributed by atoms with van der Waals surface area (Å²) in [5.41, 5.74) is 4.19. The quantitative estimate of drug-likeness (QED) is 0.727. The average Bonchev–Trinajstić information content (AvgIpc) is 2.41. The van der Waals surface area contributed by atoms with Gasteiger partial charge in [-0.15, -0.1) is 11.6 Å². The summed E-state index contributed by atoms with van der Waals surface area (Å²) in [6.45, 7) is 6.11. The Labute approximate surface area is 123 Å². The van der Waals surface area contributed by atoms with Gasteiger partial charge in [0.25, 0.3) is 0 Å². The molecule has 4 heteroatoms. The van der Waals surface area contributed by atoms with E-state index in [9.17, 15) is 0 Å². The molecule has 0 amide bonds. The van der Waals surface area contributed by atoms with E-state index in [0.717, 1.165) is 22.4 Å². The predicted molar refractivity (Wildman–Crippen MR) is 79.5 cm³/mol.